The van der Waals surface area contributed by atoms with Gasteiger partial charge in [-0.3, -0.25) is 0 Å². The van der Waals surface area contributed by atoms with Crippen molar-refractivity contribution in [2.24, 2.45) is 0 Å². The molecule has 0 amide bonds. The lowest BCUT2D eigenvalue weighted by atomic mass is 10.2. The summed E-state index contributed by atoms with van der Waals surface area (Å²) in [4.78, 5) is 0. The van der Waals surface area contributed by atoms with Gasteiger partial charge in [0.15, 0.2) is 0 Å². The Hall–Kier alpha value is -0.200. The van der Waals surface area contributed by atoms with E-state index >= 15 is 0 Å². The fourth-order valence-corrected chi connectivity index (χ4v) is 0.377. The lowest BCUT2D eigenvalue weighted by Gasteiger charge is -2.22. The minimum Gasteiger partial charge on any atom is -0.233 e. The summed E-state index contributed by atoms with van der Waals surface area (Å²) < 4.78 is 80.7. The minimum atomic E-state index is -5.60. The van der Waals surface area contributed by atoms with E-state index in [9.17, 15) is 30.7 Å². The molecule has 0 rings (SSSR count). The van der Waals surface area contributed by atoms with Crippen LogP contribution in [-0.4, -0.2) is 17.5 Å². The van der Waals surface area contributed by atoms with Gasteiger partial charge in [0.1, 0.15) is 0 Å². The first-order valence-corrected chi connectivity index (χ1v) is 2.75. The highest BCUT2D eigenvalue weighted by molar-refractivity contribution is 6.22. The highest BCUT2D eigenvalue weighted by Gasteiger charge is 2.64. The number of hydrogen-bond acceptors (Lipinski definition) is 0. The highest BCUT2D eigenvalue weighted by atomic mass is 35.5. The largest absolute Gasteiger partial charge is 0.387 e. The zero-order valence-corrected chi connectivity index (χ0v) is 5.86. The summed E-state index contributed by atoms with van der Waals surface area (Å²) in [5.74, 6) is -5.60. The molecule has 0 aromatic carbocycles. The zero-order valence-electron chi connectivity index (χ0n) is 5.10. The summed E-state index contributed by atoms with van der Waals surface area (Å²) in [5.41, 5.74) is 0. The van der Waals surface area contributed by atoms with Gasteiger partial charge in [-0.05, 0) is 11.6 Å². The van der Waals surface area contributed by atoms with Gasteiger partial charge >= 0.3 is 17.7 Å². The molecular formula is C4HClF7. The molecule has 0 spiro atoms. The molecule has 0 fully saturated rings. The SMILES string of the molecule is F[C](F)C(F)C(F)(F)C(F)(F)Cl. The molecule has 0 aliphatic carbocycles. The second kappa shape index (κ2) is 3.27. The molecule has 0 saturated carbocycles. The lowest BCUT2D eigenvalue weighted by molar-refractivity contribution is -0.202. The molecule has 0 aliphatic heterocycles. The van der Waals surface area contributed by atoms with Crippen LogP contribution in [0, 0.1) is 6.43 Å². The van der Waals surface area contributed by atoms with E-state index in [1.54, 1.807) is 0 Å². The van der Waals surface area contributed by atoms with Crippen molar-refractivity contribution in [1.29, 1.82) is 0 Å². The molecule has 1 unspecified atom stereocenters. The van der Waals surface area contributed by atoms with E-state index in [4.69, 9.17) is 0 Å². The van der Waals surface area contributed by atoms with E-state index < -0.39 is 23.9 Å². The maximum atomic E-state index is 11.8. The molecule has 1 atom stereocenters. The quantitative estimate of drug-likeness (QED) is 0.503. The van der Waals surface area contributed by atoms with Gasteiger partial charge in [-0.15, -0.1) is 0 Å². The van der Waals surface area contributed by atoms with Crippen LogP contribution in [0.25, 0.3) is 0 Å². The van der Waals surface area contributed by atoms with Gasteiger partial charge in [0, 0.05) is 0 Å². The van der Waals surface area contributed by atoms with Crippen LogP contribution < -0.4 is 0 Å². The first kappa shape index (κ1) is 11.8. The molecule has 8 heteroatoms. The zero-order chi connectivity index (χ0) is 10.2. The molecule has 0 nitrogen and oxygen atoms in total. The Morgan fingerprint density at radius 3 is 1.50 bits per heavy atom. The number of halogens is 8. The van der Waals surface area contributed by atoms with E-state index in [1.165, 1.54) is 0 Å². The summed E-state index contributed by atoms with van der Waals surface area (Å²) in [6.07, 6.45) is -7.80. The molecule has 73 valence electrons. The normalized spacial score (nSPS) is 16.8. The average molecular weight is 217 g/mol. The van der Waals surface area contributed by atoms with Crippen LogP contribution in [0.2, 0.25) is 0 Å². The van der Waals surface area contributed by atoms with Crippen molar-refractivity contribution in [2.45, 2.75) is 17.5 Å². The Morgan fingerprint density at radius 1 is 1.08 bits per heavy atom. The summed E-state index contributed by atoms with van der Waals surface area (Å²) in [6.45, 7) is 0. The van der Waals surface area contributed by atoms with Crippen LogP contribution in [0.15, 0.2) is 0 Å². The van der Waals surface area contributed by atoms with Crippen LogP contribution in [0.4, 0.5) is 30.7 Å². The molecule has 0 aromatic rings. The monoisotopic (exact) mass is 217 g/mol. The highest BCUT2D eigenvalue weighted by Crippen LogP contribution is 2.44. The lowest BCUT2D eigenvalue weighted by Crippen LogP contribution is -2.45. The second-order valence-corrected chi connectivity index (χ2v) is 2.25. The third-order valence-electron chi connectivity index (χ3n) is 0.888. The molecule has 0 heterocycles. The fraction of sp³-hybridized carbons (Fsp3) is 0.750. The van der Waals surface area contributed by atoms with Crippen molar-refractivity contribution in [1.82, 2.24) is 0 Å². The molecule has 12 heavy (non-hydrogen) atoms. The standard InChI is InChI=1S/C4HClF7/c5-4(11,12)3(9,10)1(6)2(7)8/h1H. The van der Waals surface area contributed by atoms with Crippen LogP contribution >= 0.6 is 11.6 Å². The maximum Gasteiger partial charge on any atom is 0.387 e. The maximum absolute atomic E-state index is 11.8. The molecule has 0 aliphatic rings. The van der Waals surface area contributed by atoms with Crippen molar-refractivity contribution in [3.05, 3.63) is 6.43 Å². The number of alkyl halides is 6. The van der Waals surface area contributed by atoms with Crippen LogP contribution in [-0.2, 0) is 0 Å². The Labute approximate surface area is 67.3 Å². The van der Waals surface area contributed by atoms with E-state index in [0.717, 1.165) is 0 Å². The van der Waals surface area contributed by atoms with Gasteiger partial charge in [0.05, 0.1) is 0 Å². The van der Waals surface area contributed by atoms with Crippen LogP contribution in [0.5, 0.6) is 0 Å². The molecule has 1 radical (unpaired) electrons. The van der Waals surface area contributed by atoms with E-state index in [1.807, 2.05) is 0 Å². The predicted molar refractivity (Wildman–Crippen MR) is 26.1 cm³/mol. The van der Waals surface area contributed by atoms with Crippen molar-refractivity contribution in [3.8, 4) is 0 Å². The number of rotatable bonds is 3. The first-order chi connectivity index (χ1) is 5.10. The summed E-state index contributed by atoms with van der Waals surface area (Å²) in [7, 11) is 0. The van der Waals surface area contributed by atoms with E-state index in [0.29, 0.717) is 0 Å². The van der Waals surface area contributed by atoms with Gasteiger partial charge < -0.3 is 0 Å². The Balaban J connectivity index is 4.61. The average Bonchev–Trinajstić information content (AvgIpc) is 1.83. The van der Waals surface area contributed by atoms with Crippen molar-refractivity contribution in [3.63, 3.8) is 0 Å². The molecule has 0 aromatic heterocycles. The van der Waals surface area contributed by atoms with E-state index in [-0.39, 0.29) is 0 Å². The van der Waals surface area contributed by atoms with Gasteiger partial charge in [-0.2, -0.15) is 26.3 Å². The predicted octanol–water partition coefficient (Wildman–Crippen LogP) is 3.22. The fourth-order valence-electron chi connectivity index (χ4n) is 0.281. The Kier molecular flexibility index (Phi) is 3.22. The topological polar surface area (TPSA) is 0 Å². The first-order valence-electron chi connectivity index (χ1n) is 2.37. The summed E-state index contributed by atoms with van der Waals surface area (Å²) in [5, 5.41) is -5.34. The summed E-state index contributed by atoms with van der Waals surface area (Å²) >= 11 is 3.69. The smallest absolute Gasteiger partial charge is 0.233 e. The molecule has 0 N–H and O–H groups in total. The van der Waals surface area contributed by atoms with Gasteiger partial charge in [-0.25, -0.2) is 4.39 Å². The van der Waals surface area contributed by atoms with Crippen LogP contribution in [0.3, 0.4) is 0 Å². The molecular weight excluding hydrogens is 216 g/mol. The van der Waals surface area contributed by atoms with E-state index in [2.05, 4.69) is 11.6 Å². The third kappa shape index (κ3) is 2.15. The Bertz CT molecular complexity index is 150. The molecule has 0 bridgehead atoms. The van der Waals surface area contributed by atoms with Crippen LogP contribution in [0.1, 0.15) is 0 Å². The Morgan fingerprint density at radius 2 is 1.42 bits per heavy atom. The third-order valence-corrected chi connectivity index (χ3v) is 1.14. The van der Waals surface area contributed by atoms with Gasteiger partial charge in [-0.1, -0.05) is 0 Å². The van der Waals surface area contributed by atoms with Gasteiger partial charge in [0.2, 0.25) is 6.17 Å². The van der Waals surface area contributed by atoms with Gasteiger partial charge in [0.25, 0.3) is 0 Å². The van der Waals surface area contributed by atoms with Crippen molar-refractivity contribution >= 4 is 11.6 Å². The van der Waals surface area contributed by atoms with Crippen molar-refractivity contribution < 1.29 is 30.7 Å². The molecule has 0 saturated heterocycles. The second-order valence-electron chi connectivity index (χ2n) is 1.77. The summed E-state index contributed by atoms with van der Waals surface area (Å²) in [6, 6.07) is 0. The minimum absolute atomic E-state index is 3.44. The number of hydrogen-bond donors (Lipinski definition) is 0. The van der Waals surface area contributed by atoms with Crippen molar-refractivity contribution in [2.75, 3.05) is 0 Å².